The van der Waals surface area contributed by atoms with E-state index in [0.717, 1.165) is 5.39 Å². The Kier molecular flexibility index (Phi) is 3.48. The quantitative estimate of drug-likeness (QED) is 0.834. The summed E-state index contributed by atoms with van der Waals surface area (Å²) in [6.07, 6.45) is 0.322. The maximum atomic E-state index is 13.0. The third-order valence-corrected chi connectivity index (χ3v) is 4.52. The molecule has 1 saturated carbocycles. The lowest BCUT2D eigenvalue weighted by molar-refractivity contribution is -0.117. The van der Waals surface area contributed by atoms with Crippen molar-refractivity contribution in [3.63, 3.8) is 0 Å². The Morgan fingerprint density at radius 3 is 2.84 bits per heavy atom. The molecule has 25 heavy (non-hydrogen) atoms. The number of halogens is 1. The third kappa shape index (κ3) is 2.73. The lowest BCUT2D eigenvalue weighted by Crippen LogP contribution is -2.30. The van der Waals surface area contributed by atoms with Crippen molar-refractivity contribution in [1.29, 1.82) is 0 Å². The number of ether oxygens (including phenoxy) is 1. The van der Waals surface area contributed by atoms with E-state index in [4.69, 9.17) is 10.5 Å². The number of pyridine rings is 1. The van der Waals surface area contributed by atoms with Crippen molar-refractivity contribution < 1.29 is 18.7 Å². The number of cyclic esters (lactones) is 1. The van der Waals surface area contributed by atoms with Crippen LogP contribution in [-0.4, -0.2) is 35.8 Å². The van der Waals surface area contributed by atoms with Crippen molar-refractivity contribution in [2.45, 2.75) is 25.6 Å². The third-order valence-electron chi connectivity index (χ3n) is 4.52. The molecule has 7 nitrogen and oxygen atoms in total. The van der Waals surface area contributed by atoms with Crippen LogP contribution in [0.2, 0.25) is 0 Å². The Labute approximate surface area is 142 Å². The fourth-order valence-corrected chi connectivity index (χ4v) is 3.01. The number of carbonyl (C=O) groups excluding carboxylic acids is 2. The highest BCUT2D eigenvalue weighted by Crippen LogP contribution is 2.35. The number of aromatic nitrogens is 1. The number of benzene rings is 1. The normalized spacial score (nSPS) is 25.1. The number of nitrogens with two attached hydrogens (primary N) is 1. The summed E-state index contributed by atoms with van der Waals surface area (Å²) in [7, 11) is 0. The zero-order valence-corrected chi connectivity index (χ0v) is 13.5. The Hall–Kier alpha value is -2.90. The van der Waals surface area contributed by atoms with Gasteiger partial charge in [0.15, 0.2) is 0 Å². The van der Waals surface area contributed by atoms with Crippen LogP contribution in [-0.2, 0) is 9.53 Å². The lowest BCUT2D eigenvalue weighted by Gasteiger charge is -2.19. The summed E-state index contributed by atoms with van der Waals surface area (Å²) >= 11 is 0. The standard InChI is InChI=1S/C17H17FN4O3/c1-8-7-25-17(24)22(8)10-2-9-3-15(20-6-12(9)14(19)4-10)21-16(23)11-5-13(11)18/h2-4,6,8,11,13H,5,7,19H2,1H3,(H,20,21,23). The molecule has 4 rings (SSSR count). The monoisotopic (exact) mass is 344 g/mol. The van der Waals surface area contributed by atoms with Crippen LogP contribution in [0.15, 0.2) is 24.4 Å². The summed E-state index contributed by atoms with van der Waals surface area (Å²) in [5, 5.41) is 4.04. The minimum Gasteiger partial charge on any atom is -0.447 e. The molecule has 2 heterocycles. The van der Waals surface area contributed by atoms with E-state index >= 15 is 0 Å². The predicted octanol–water partition coefficient (Wildman–Crippen LogP) is 2.46. The SMILES string of the molecule is CC1COC(=O)N1c1cc(N)c2cnc(NC(=O)C3CC3F)cc2c1. The largest absolute Gasteiger partial charge is 0.447 e. The highest BCUT2D eigenvalue weighted by Gasteiger charge is 2.43. The Morgan fingerprint density at radius 1 is 1.44 bits per heavy atom. The van der Waals surface area contributed by atoms with E-state index in [1.54, 1.807) is 24.4 Å². The first-order valence-corrected chi connectivity index (χ1v) is 8.04. The van der Waals surface area contributed by atoms with Gasteiger partial charge in [-0.3, -0.25) is 9.69 Å². The first-order chi connectivity index (χ1) is 11.9. The molecule has 8 heteroatoms. The maximum Gasteiger partial charge on any atom is 0.414 e. The van der Waals surface area contributed by atoms with Gasteiger partial charge in [-0.05, 0) is 36.9 Å². The molecule has 0 bridgehead atoms. The number of nitrogens with zero attached hydrogens (tertiary/aromatic N) is 2. The maximum absolute atomic E-state index is 13.0. The van der Waals surface area contributed by atoms with Gasteiger partial charge in [0.2, 0.25) is 5.91 Å². The highest BCUT2D eigenvalue weighted by atomic mass is 19.1. The van der Waals surface area contributed by atoms with Crippen LogP contribution in [0.4, 0.5) is 26.4 Å². The van der Waals surface area contributed by atoms with Crippen LogP contribution >= 0.6 is 0 Å². The van der Waals surface area contributed by atoms with Gasteiger partial charge in [-0.2, -0.15) is 0 Å². The molecule has 0 radical (unpaired) electrons. The van der Waals surface area contributed by atoms with Gasteiger partial charge in [0.1, 0.15) is 18.6 Å². The van der Waals surface area contributed by atoms with E-state index in [-0.39, 0.29) is 18.4 Å². The van der Waals surface area contributed by atoms with Crippen molar-refractivity contribution >= 4 is 40.0 Å². The molecule has 2 amide bonds. The van der Waals surface area contributed by atoms with Crippen molar-refractivity contribution in [2.75, 3.05) is 22.6 Å². The van der Waals surface area contributed by atoms with Gasteiger partial charge in [-0.1, -0.05) is 0 Å². The number of hydrogen-bond donors (Lipinski definition) is 2. The number of nitrogens with one attached hydrogen (secondary N) is 1. The smallest absolute Gasteiger partial charge is 0.414 e. The zero-order chi connectivity index (χ0) is 17.7. The number of nitrogen functional groups attached to an aromatic ring is 1. The van der Waals surface area contributed by atoms with Gasteiger partial charge in [-0.25, -0.2) is 14.2 Å². The topological polar surface area (TPSA) is 97.6 Å². The van der Waals surface area contributed by atoms with Crippen LogP contribution in [0.1, 0.15) is 13.3 Å². The lowest BCUT2D eigenvalue weighted by atomic mass is 10.1. The molecular weight excluding hydrogens is 327 g/mol. The fraction of sp³-hybridized carbons (Fsp3) is 0.353. The molecule has 1 aromatic heterocycles. The van der Waals surface area contributed by atoms with Gasteiger partial charge in [0.25, 0.3) is 0 Å². The Morgan fingerprint density at radius 2 is 2.20 bits per heavy atom. The summed E-state index contributed by atoms with van der Waals surface area (Å²) in [4.78, 5) is 29.5. The second-order valence-corrected chi connectivity index (χ2v) is 6.47. The van der Waals surface area contributed by atoms with Crippen molar-refractivity contribution in [2.24, 2.45) is 5.92 Å². The van der Waals surface area contributed by atoms with E-state index in [0.29, 0.717) is 29.2 Å². The van der Waals surface area contributed by atoms with Crippen molar-refractivity contribution in [3.05, 3.63) is 24.4 Å². The van der Waals surface area contributed by atoms with Gasteiger partial charge >= 0.3 is 6.09 Å². The van der Waals surface area contributed by atoms with Crippen molar-refractivity contribution in [1.82, 2.24) is 4.98 Å². The first-order valence-electron chi connectivity index (χ1n) is 8.04. The van der Waals surface area contributed by atoms with Gasteiger partial charge in [-0.15, -0.1) is 0 Å². The van der Waals surface area contributed by atoms with E-state index < -0.39 is 18.2 Å². The molecule has 2 fully saturated rings. The highest BCUT2D eigenvalue weighted by molar-refractivity contribution is 6.02. The van der Waals surface area contributed by atoms with Crippen LogP contribution in [0.25, 0.3) is 10.8 Å². The van der Waals surface area contributed by atoms with E-state index in [9.17, 15) is 14.0 Å². The van der Waals surface area contributed by atoms with Crippen LogP contribution < -0.4 is 16.0 Å². The predicted molar refractivity (Wildman–Crippen MR) is 91.1 cm³/mol. The molecule has 3 atom stereocenters. The summed E-state index contributed by atoms with van der Waals surface area (Å²) < 4.78 is 18.0. The second-order valence-electron chi connectivity index (χ2n) is 6.47. The molecule has 3 N–H and O–H groups in total. The Balaban J connectivity index is 1.68. The molecule has 2 aromatic rings. The molecule has 1 aromatic carbocycles. The van der Waals surface area contributed by atoms with E-state index in [1.807, 2.05) is 6.92 Å². The van der Waals surface area contributed by atoms with Gasteiger partial charge in [0.05, 0.1) is 17.6 Å². The summed E-state index contributed by atoms with van der Waals surface area (Å²) in [6, 6.07) is 5.06. The Bertz CT molecular complexity index is 888. The van der Waals surface area contributed by atoms with Gasteiger partial charge in [0, 0.05) is 17.3 Å². The second kappa shape index (κ2) is 5.58. The number of anilines is 3. The average Bonchev–Trinajstić information content (AvgIpc) is 3.20. The first kappa shape index (κ1) is 15.6. The van der Waals surface area contributed by atoms with Crippen LogP contribution in [0.5, 0.6) is 0 Å². The summed E-state index contributed by atoms with van der Waals surface area (Å²) in [5.41, 5.74) is 7.18. The number of amides is 2. The summed E-state index contributed by atoms with van der Waals surface area (Å²) in [6.45, 7) is 2.20. The minimum absolute atomic E-state index is 0.0956. The number of fused-ring (bicyclic) bond motifs is 1. The molecule has 130 valence electrons. The molecule has 2 aliphatic rings. The zero-order valence-electron chi connectivity index (χ0n) is 13.5. The van der Waals surface area contributed by atoms with E-state index in [2.05, 4.69) is 10.3 Å². The fourth-order valence-electron chi connectivity index (χ4n) is 3.01. The molecule has 0 spiro atoms. The van der Waals surface area contributed by atoms with E-state index in [1.165, 1.54) is 4.90 Å². The molecule has 1 saturated heterocycles. The minimum atomic E-state index is -1.06. The summed E-state index contributed by atoms with van der Waals surface area (Å²) in [5.74, 6) is -0.639. The molecule has 3 unspecified atom stereocenters. The number of hydrogen-bond acceptors (Lipinski definition) is 5. The molecular formula is C17H17FN4O3. The van der Waals surface area contributed by atoms with Crippen LogP contribution in [0, 0.1) is 5.92 Å². The molecule has 1 aliphatic heterocycles. The number of carbonyl (C=O) groups is 2. The molecule has 1 aliphatic carbocycles. The number of alkyl halides is 1. The average molecular weight is 344 g/mol. The number of rotatable bonds is 3. The van der Waals surface area contributed by atoms with Crippen molar-refractivity contribution in [3.8, 4) is 0 Å². The van der Waals surface area contributed by atoms with Crippen LogP contribution in [0.3, 0.4) is 0 Å². The van der Waals surface area contributed by atoms with Gasteiger partial charge < -0.3 is 15.8 Å².